The maximum atomic E-state index is 14.2. The molecule has 0 aliphatic heterocycles. The molecule has 0 aliphatic carbocycles. The summed E-state index contributed by atoms with van der Waals surface area (Å²) < 4.78 is 29.9. The standard InChI is InChI=1S/C19H20FNO7/c1-26-15-13(9-14(19(24)25)16(27-2)17(15)28-3)10-6-11(8-12(20)7-10)18(23)21-4-5-22/h6-9,22H,4-5H2,1-3H3,(H,21,23)(H,24,25). The van der Waals surface area contributed by atoms with Crippen molar-refractivity contribution in [1.82, 2.24) is 5.32 Å². The fourth-order valence-corrected chi connectivity index (χ4v) is 2.73. The molecule has 0 unspecified atom stereocenters. The highest BCUT2D eigenvalue weighted by atomic mass is 19.1. The molecule has 8 nitrogen and oxygen atoms in total. The molecule has 0 bridgehead atoms. The molecule has 0 aliphatic rings. The van der Waals surface area contributed by atoms with Gasteiger partial charge in [0.25, 0.3) is 5.91 Å². The van der Waals surface area contributed by atoms with Crippen molar-refractivity contribution in [2.45, 2.75) is 0 Å². The van der Waals surface area contributed by atoms with Gasteiger partial charge in [-0.2, -0.15) is 0 Å². The first-order chi connectivity index (χ1) is 13.4. The number of carboxylic acids is 1. The van der Waals surface area contributed by atoms with Crippen molar-refractivity contribution in [3.8, 4) is 28.4 Å². The van der Waals surface area contributed by atoms with E-state index in [-0.39, 0.29) is 52.7 Å². The van der Waals surface area contributed by atoms with E-state index >= 15 is 0 Å². The number of carbonyl (C=O) groups is 2. The lowest BCUT2D eigenvalue weighted by Gasteiger charge is -2.18. The van der Waals surface area contributed by atoms with Crippen LogP contribution in [0.5, 0.6) is 17.2 Å². The molecule has 0 fully saturated rings. The predicted octanol–water partition coefficient (Wildman–Crippen LogP) is 1.94. The van der Waals surface area contributed by atoms with E-state index in [0.717, 1.165) is 12.1 Å². The molecule has 9 heteroatoms. The third kappa shape index (κ3) is 4.15. The molecule has 0 aromatic heterocycles. The van der Waals surface area contributed by atoms with Gasteiger partial charge in [0.1, 0.15) is 11.4 Å². The van der Waals surface area contributed by atoms with Gasteiger partial charge in [-0.25, -0.2) is 9.18 Å². The number of rotatable bonds is 8. The first-order valence-corrected chi connectivity index (χ1v) is 8.14. The van der Waals surface area contributed by atoms with E-state index in [2.05, 4.69) is 5.32 Å². The number of aliphatic hydroxyl groups is 1. The van der Waals surface area contributed by atoms with Crippen LogP contribution < -0.4 is 19.5 Å². The quantitative estimate of drug-likeness (QED) is 0.628. The fourth-order valence-electron chi connectivity index (χ4n) is 2.73. The molecule has 2 rings (SSSR count). The Morgan fingerprint density at radius 2 is 1.64 bits per heavy atom. The van der Waals surface area contributed by atoms with Crippen molar-refractivity contribution in [3.05, 3.63) is 41.2 Å². The number of nitrogens with one attached hydrogen (secondary N) is 1. The average Bonchev–Trinajstić information content (AvgIpc) is 2.69. The SMILES string of the molecule is COc1c(C(=O)O)cc(-c2cc(F)cc(C(=O)NCCO)c2)c(OC)c1OC. The van der Waals surface area contributed by atoms with Crippen molar-refractivity contribution in [3.63, 3.8) is 0 Å². The first kappa shape index (κ1) is 21.0. The molecule has 0 saturated carbocycles. The molecular formula is C19H20FNO7. The zero-order valence-corrected chi connectivity index (χ0v) is 15.5. The number of carbonyl (C=O) groups excluding carboxylic acids is 1. The van der Waals surface area contributed by atoms with Gasteiger partial charge < -0.3 is 29.7 Å². The molecule has 2 aromatic carbocycles. The Hall–Kier alpha value is -3.33. The minimum Gasteiger partial charge on any atom is -0.492 e. The summed E-state index contributed by atoms with van der Waals surface area (Å²) in [5.41, 5.74) is 0.186. The molecule has 3 N–H and O–H groups in total. The van der Waals surface area contributed by atoms with Crippen molar-refractivity contribution >= 4 is 11.9 Å². The summed E-state index contributed by atoms with van der Waals surface area (Å²) in [5, 5.41) is 20.8. The summed E-state index contributed by atoms with van der Waals surface area (Å²) in [7, 11) is 3.94. The van der Waals surface area contributed by atoms with Crippen molar-refractivity contribution in [1.29, 1.82) is 0 Å². The number of hydrogen-bond acceptors (Lipinski definition) is 6. The minimum absolute atomic E-state index is 0.00263. The Bertz CT molecular complexity index is 898. The molecule has 150 valence electrons. The number of benzene rings is 2. The lowest BCUT2D eigenvalue weighted by Crippen LogP contribution is -2.26. The maximum absolute atomic E-state index is 14.2. The Morgan fingerprint density at radius 3 is 2.18 bits per heavy atom. The molecule has 2 aromatic rings. The Morgan fingerprint density at radius 1 is 1.00 bits per heavy atom. The molecule has 28 heavy (non-hydrogen) atoms. The Kier molecular flexibility index (Phi) is 6.78. The Balaban J connectivity index is 2.73. The molecular weight excluding hydrogens is 373 g/mol. The highest BCUT2D eigenvalue weighted by Gasteiger charge is 2.25. The van der Waals surface area contributed by atoms with Crippen LogP contribution >= 0.6 is 0 Å². The summed E-state index contributed by atoms with van der Waals surface area (Å²) in [6.07, 6.45) is 0. The zero-order chi connectivity index (χ0) is 20.8. The van der Waals surface area contributed by atoms with Gasteiger partial charge in [-0.15, -0.1) is 0 Å². The minimum atomic E-state index is -1.28. The van der Waals surface area contributed by atoms with Gasteiger partial charge in [0, 0.05) is 17.7 Å². The lowest BCUT2D eigenvalue weighted by molar-refractivity contribution is 0.0692. The molecule has 0 atom stereocenters. The maximum Gasteiger partial charge on any atom is 0.339 e. The number of hydrogen-bond donors (Lipinski definition) is 3. The number of carboxylic acid groups (broad SMARTS) is 1. The second-order valence-electron chi connectivity index (χ2n) is 5.58. The highest BCUT2D eigenvalue weighted by molar-refractivity contribution is 5.98. The van der Waals surface area contributed by atoms with Gasteiger partial charge >= 0.3 is 5.97 Å². The second-order valence-corrected chi connectivity index (χ2v) is 5.58. The smallest absolute Gasteiger partial charge is 0.339 e. The van der Waals surface area contributed by atoms with E-state index in [0.29, 0.717) is 0 Å². The first-order valence-electron chi connectivity index (χ1n) is 8.14. The number of amides is 1. The van der Waals surface area contributed by atoms with E-state index in [9.17, 15) is 19.1 Å². The number of ether oxygens (including phenoxy) is 3. The van der Waals surface area contributed by atoms with Gasteiger partial charge in [-0.1, -0.05) is 0 Å². The van der Waals surface area contributed by atoms with Crippen LogP contribution in [0.1, 0.15) is 20.7 Å². The monoisotopic (exact) mass is 393 g/mol. The Labute approximate surface area is 160 Å². The van der Waals surface area contributed by atoms with Crippen LogP contribution in [-0.4, -0.2) is 56.6 Å². The van der Waals surface area contributed by atoms with Gasteiger partial charge in [-0.3, -0.25) is 4.79 Å². The summed E-state index contributed by atoms with van der Waals surface area (Å²) >= 11 is 0. The fraction of sp³-hybridized carbons (Fsp3) is 0.263. The van der Waals surface area contributed by atoms with E-state index in [1.165, 1.54) is 33.5 Å². The van der Waals surface area contributed by atoms with Crippen LogP contribution in [0, 0.1) is 5.82 Å². The largest absolute Gasteiger partial charge is 0.492 e. The van der Waals surface area contributed by atoms with Crippen LogP contribution in [0.3, 0.4) is 0 Å². The number of methoxy groups -OCH3 is 3. The molecule has 1 amide bonds. The van der Waals surface area contributed by atoms with Crippen molar-refractivity contribution < 1.29 is 38.4 Å². The van der Waals surface area contributed by atoms with Gasteiger partial charge in [0.15, 0.2) is 11.5 Å². The van der Waals surface area contributed by atoms with Crippen LogP contribution in [0.4, 0.5) is 4.39 Å². The zero-order valence-electron chi connectivity index (χ0n) is 15.5. The second kappa shape index (κ2) is 9.05. The normalized spacial score (nSPS) is 10.3. The number of aromatic carboxylic acids is 1. The van der Waals surface area contributed by atoms with Crippen molar-refractivity contribution in [2.75, 3.05) is 34.5 Å². The molecule has 0 spiro atoms. The average molecular weight is 393 g/mol. The van der Waals surface area contributed by atoms with E-state index in [1.54, 1.807) is 0 Å². The van der Waals surface area contributed by atoms with Crippen LogP contribution in [0.2, 0.25) is 0 Å². The van der Waals surface area contributed by atoms with E-state index in [1.807, 2.05) is 0 Å². The molecule has 0 heterocycles. The van der Waals surface area contributed by atoms with Crippen LogP contribution in [0.15, 0.2) is 24.3 Å². The van der Waals surface area contributed by atoms with Crippen molar-refractivity contribution in [2.24, 2.45) is 0 Å². The molecule has 0 radical (unpaired) electrons. The number of halogens is 1. The highest BCUT2D eigenvalue weighted by Crippen LogP contribution is 2.47. The van der Waals surface area contributed by atoms with Crippen LogP contribution in [0.25, 0.3) is 11.1 Å². The topological polar surface area (TPSA) is 114 Å². The van der Waals surface area contributed by atoms with E-state index in [4.69, 9.17) is 19.3 Å². The van der Waals surface area contributed by atoms with Crippen LogP contribution in [-0.2, 0) is 0 Å². The number of aliphatic hydroxyl groups excluding tert-OH is 1. The predicted molar refractivity (Wildman–Crippen MR) is 97.9 cm³/mol. The van der Waals surface area contributed by atoms with Gasteiger partial charge in [0.05, 0.1) is 27.9 Å². The summed E-state index contributed by atoms with van der Waals surface area (Å²) in [6, 6.07) is 4.80. The van der Waals surface area contributed by atoms with Gasteiger partial charge in [0.2, 0.25) is 5.75 Å². The van der Waals surface area contributed by atoms with E-state index < -0.39 is 17.7 Å². The molecule has 0 saturated heterocycles. The summed E-state index contributed by atoms with van der Waals surface area (Å²) in [4.78, 5) is 23.8. The summed E-state index contributed by atoms with van der Waals surface area (Å²) in [5.74, 6) is -2.48. The summed E-state index contributed by atoms with van der Waals surface area (Å²) in [6.45, 7) is -0.257. The third-order valence-corrected chi connectivity index (χ3v) is 3.90. The van der Waals surface area contributed by atoms with Gasteiger partial charge in [-0.05, 0) is 29.8 Å². The third-order valence-electron chi connectivity index (χ3n) is 3.90. The lowest BCUT2D eigenvalue weighted by atomic mass is 9.98.